The molecule has 0 aliphatic carbocycles. The Morgan fingerprint density at radius 1 is 0.828 bits per heavy atom. The molecule has 0 aromatic heterocycles. The number of rotatable bonds is 5. The molecule has 1 aliphatic rings. The van der Waals surface area contributed by atoms with Crippen molar-refractivity contribution in [2.75, 3.05) is 0 Å². The minimum Gasteiger partial charge on any atom is -0.389 e. The lowest BCUT2D eigenvalue weighted by Crippen LogP contribution is -2.56. The van der Waals surface area contributed by atoms with Crippen LogP contribution in [0.3, 0.4) is 0 Å². The monoisotopic (exact) mass is 385 g/mol. The maximum atomic E-state index is 12.2. The maximum absolute atomic E-state index is 12.2. The van der Waals surface area contributed by atoms with E-state index in [1.54, 1.807) is 0 Å². The lowest BCUT2D eigenvalue weighted by Gasteiger charge is -2.51. The van der Waals surface area contributed by atoms with Gasteiger partial charge in [-0.3, -0.25) is 0 Å². The molecule has 3 aromatic rings. The van der Waals surface area contributed by atoms with Crippen LogP contribution in [0.1, 0.15) is 49.0 Å². The highest BCUT2D eigenvalue weighted by Crippen LogP contribution is 2.47. The van der Waals surface area contributed by atoms with Gasteiger partial charge in [-0.15, -0.1) is 0 Å². The second kappa shape index (κ2) is 8.52. The fourth-order valence-electron chi connectivity index (χ4n) is 5.19. The van der Waals surface area contributed by atoms with Gasteiger partial charge in [0.05, 0.1) is 5.60 Å². The first-order valence-corrected chi connectivity index (χ1v) is 10.7. The minimum atomic E-state index is -0.790. The Kier molecular flexibility index (Phi) is 5.84. The average molecular weight is 386 g/mol. The maximum Gasteiger partial charge on any atom is 0.0754 e. The average Bonchev–Trinajstić information content (AvgIpc) is 2.74. The van der Waals surface area contributed by atoms with E-state index in [2.05, 4.69) is 98.0 Å². The summed E-state index contributed by atoms with van der Waals surface area (Å²) in [5, 5.41) is 16.1. The zero-order valence-electron chi connectivity index (χ0n) is 17.3. The molecule has 4 atom stereocenters. The summed E-state index contributed by atoms with van der Waals surface area (Å²) < 4.78 is 0. The lowest BCUT2D eigenvalue weighted by molar-refractivity contribution is -0.0920. The second-order valence-corrected chi connectivity index (χ2v) is 8.76. The van der Waals surface area contributed by atoms with Crippen LogP contribution in [0.4, 0.5) is 0 Å². The molecule has 0 unspecified atom stereocenters. The molecule has 1 aliphatic heterocycles. The van der Waals surface area contributed by atoms with E-state index >= 15 is 0 Å². The first-order valence-electron chi connectivity index (χ1n) is 10.7. The van der Waals surface area contributed by atoms with Gasteiger partial charge in [-0.25, -0.2) is 0 Å². The SMILES string of the molecule is CC(C)[C@@H]1[C@H](c2ccccc2)N[C@H](c2ccccc2)C[C@]1(O)Cc1ccccc1. The quantitative estimate of drug-likeness (QED) is 0.590. The summed E-state index contributed by atoms with van der Waals surface area (Å²) in [6, 6.07) is 31.8. The molecule has 1 fully saturated rings. The molecule has 0 radical (unpaired) electrons. The van der Waals surface area contributed by atoms with E-state index < -0.39 is 5.60 Å². The van der Waals surface area contributed by atoms with Crippen LogP contribution < -0.4 is 5.32 Å². The Hall–Kier alpha value is -2.42. The molecule has 29 heavy (non-hydrogen) atoms. The summed E-state index contributed by atoms with van der Waals surface area (Å²) in [5.74, 6) is 0.461. The zero-order chi connectivity index (χ0) is 20.3. The van der Waals surface area contributed by atoms with Gasteiger partial charge in [-0.1, -0.05) is 105 Å². The molecule has 150 valence electrons. The van der Waals surface area contributed by atoms with Crippen molar-refractivity contribution in [3.63, 3.8) is 0 Å². The van der Waals surface area contributed by atoms with E-state index in [-0.39, 0.29) is 18.0 Å². The van der Waals surface area contributed by atoms with Crippen LogP contribution >= 0.6 is 0 Å². The molecule has 3 aromatic carbocycles. The van der Waals surface area contributed by atoms with Gasteiger partial charge in [-0.05, 0) is 29.0 Å². The molecular weight excluding hydrogens is 354 g/mol. The smallest absolute Gasteiger partial charge is 0.0754 e. The van der Waals surface area contributed by atoms with Gasteiger partial charge in [-0.2, -0.15) is 0 Å². The lowest BCUT2D eigenvalue weighted by atomic mass is 9.64. The Balaban J connectivity index is 1.77. The van der Waals surface area contributed by atoms with E-state index in [0.29, 0.717) is 18.8 Å². The number of benzene rings is 3. The van der Waals surface area contributed by atoms with Crippen molar-refractivity contribution < 1.29 is 5.11 Å². The molecular formula is C27H31NO. The summed E-state index contributed by atoms with van der Waals surface area (Å²) in [6.45, 7) is 4.47. The highest BCUT2D eigenvalue weighted by molar-refractivity contribution is 5.29. The van der Waals surface area contributed by atoms with Crippen molar-refractivity contribution in [3.05, 3.63) is 108 Å². The van der Waals surface area contributed by atoms with Gasteiger partial charge in [0.15, 0.2) is 0 Å². The summed E-state index contributed by atoms with van der Waals surface area (Å²) in [7, 11) is 0. The number of nitrogens with one attached hydrogen (secondary N) is 1. The molecule has 4 rings (SSSR count). The van der Waals surface area contributed by atoms with Gasteiger partial charge in [0.25, 0.3) is 0 Å². The molecule has 2 nitrogen and oxygen atoms in total. The van der Waals surface area contributed by atoms with Crippen LogP contribution in [0.2, 0.25) is 0 Å². The van der Waals surface area contributed by atoms with E-state index in [9.17, 15) is 5.11 Å². The van der Waals surface area contributed by atoms with Crippen LogP contribution in [0.25, 0.3) is 0 Å². The largest absolute Gasteiger partial charge is 0.389 e. The van der Waals surface area contributed by atoms with E-state index in [0.717, 1.165) is 0 Å². The summed E-state index contributed by atoms with van der Waals surface area (Å²) in [5.41, 5.74) is 2.89. The Bertz CT molecular complexity index is 894. The Morgan fingerprint density at radius 2 is 1.34 bits per heavy atom. The van der Waals surface area contributed by atoms with Crippen LogP contribution in [0.5, 0.6) is 0 Å². The Morgan fingerprint density at radius 3 is 1.90 bits per heavy atom. The predicted octanol–water partition coefficient (Wildman–Crippen LogP) is 5.71. The normalized spacial score (nSPS) is 27.1. The van der Waals surface area contributed by atoms with Gasteiger partial charge in [0.2, 0.25) is 0 Å². The van der Waals surface area contributed by atoms with Crippen molar-refractivity contribution in [3.8, 4) is 0 Å². The molecule has 0 spiro atoms. The minimum absolute atomic E-state index is 0.101. The van der Waals surface area contributed by atoms with Crippen LogP contribution in [0.15, 0.2) is 91.0 Å². The highest BCUT2D eigenvalue weighted by atomic mass is 16.3. The summed E-state index contributed by atoms with van der Waals surface area (Å²) in [6.07, 6.45) is 1.38. The summed E-state index contributed by atoms with van der Waals surface area (Å²) in [4.78, 5) is 0. The van der Waals surface area contributed by atoms with Crippen molar-refractivity contribution in [2.24, 2.45) is 11.8 Å². The fraction of sp³-hybridized carbons (Fsp3) is 0.333. The third-order valence-electron chi connectivity index (χ3n) is 6.35. The number of piperidine rings is 1. The van der Waals surface area contributed by atoms with Crippen molar-refractivity contribution in [1.29, 1.82) is 0 Å². The standard InChI is InChI=1S/C27H31NO/c1-20(2)25-26(23-16-10-5-11-17-23)28-24(22-14-8-4-9-15-22)19-27(25,29)18-21-12-6-3-7-13-21/h3-17,20,24-26,28-29H,18-19H2,1-2H3/t24-,25+,26-,27+/m0/s1. The van der Waals surface area contributed by atoms with Crippen LogP contribution in [-0.2, 0) is 6.42 Å². The van der Waals surface area contributed by atoms with Crippen molar-refractivity contribution in [2.45, 2.75) is 44.4 Å². The molecule has 2 heteroatoms. The van der Waals surface area contributed by atoms with Crippen LogP contribution in [0, 0.1) is 11.8 Å². The number of hydrogen-bond acceptors (Lipinski definition) is 2. The molecule has 2 N–H and O–H groups in total. The zero-order valence-corrected chi connectivity index (χ0v) is 17.3. The fourth-order valence-corrected chi connectivity index (χ4v) is 5.19. The number of hydrogen-bond donors (Lipinski definition) is 2. The first-order chi connectivity index (χ1) is 14.1. The molecule has 1 saturated heterocycles. The second-order valence-electron chi connectivity index (χ2n) is 8.76. The molecule has 0 saturated carbocycles. The molecule has 1 heterocycles. The predicted molar refractivity (Wildman–Crippen MR) is 120 cm³/mol. The van der Waals surface area contributed by atoms with Gasteiger partial charge < -0.3 is 10.4 Å². The molecule has 0 bridgehead atoms. The van der Waals surface area contributed by atoms with E-state index in [1.807, 2.05) is 12.1 Å². The van der Waals surface area contributed by atoms with Gasteiger partial charge in [0.1, 0.15) is 0 Å². The topological polar surface area (TPSA) is 32.3 Å². The van der Waals surface area contributed by atoms with Crippen molar-refractivity contribution >= 4 is 0 Å². The number of aliphatic hydroxyl groups is 1. The highest BCUT2D eigenvalue weighted by Gasteiger charge is 2.49. The van der Waals surface area contributed by atoms with E-state index in [4.69, 9.17) is 0 Å². The van der Waals surface area contributed by atoms with Crippen molar-refractivity contribution in [1.82, 2.24) is 5.32 Å². The van der Waals surface area contributed by atoms with Gasteiger partial charge in [0, 0.05) is 24.4 Å². The van der Waals surface area contributed by atoms with Crippen LogP contribution in [-0.4, -0.2) is 10.7 Å². The van der Waals surface area contributed by atoms with Gasteiger partial charge >= 0.3 is 0 Å². The van der Waals surface area contributed by atoms with E-state index in [1.165, 1.54) is 16.7 Å². The Labute approximate surface area is 174 Å². The first kappa shape index (κ1) is 19.9. The molecule has 0 amide bonds. The summed E-state index contributed by atoms with van der Waals surface area (Å²) >= 11 is 0. The third kappa shape index (κ3) is 4.29. The third-order valence-corrected chi connectivity index (χ3v) is 6.35.